The Morgan fingerprint density at radius 1 is 1.23 bits per heavy atom. The third kappa shape index (κ3) is 3.44. The van der Waals surface area contributed by atoms with Crippen LogP contribution in [0.3, 0.4) is 0 Å². The molecule has 1 fully saturated rings. The molecule has 2 aliphatic rings. The summed E-state index contributed by atoms with van der Waals surface area (Å²) in [6.07, 6.45) is -1.25. The van der Waals surface area contributed by atoms with Crippen LogP contribution in [0.4, 0.5) is 13.2 Å². The van der Waals surface area contributed by atoms with Crippen molar-refractivity contribution in [1.82, 2.24) is 4.90 Å². The summed E-state index contributed by atoms with van der Waals surface area (Å²) >= 11 is 0. The topological polar surface area (TPSA) is 21.7 Å². The van der Waals surface area contributed by atoms with Gasteiger partial charge in [-0.2, -0.15) is 13.2 Å². The van der Waals surface area contributed by atoms with Gasteiger partial charge in [-0.25, -0.2) is 0 Å². The number of halogens is 3. The van der Waals surface area contributed by atoms with Gasteiger partial charge < -0.3 is 9.47 Å². The zero-order valence-electron chi connectivity index (χ0n) is 12.3. The molecule has 0 spiro atoms. The number of hydrogen-bond donors (Lipinski definition) is 0. The van der Waals surface area contributed by atoms with Gasteiger partial charge in [-0.1, -0.05) is 18.2 Å². The first-order chi connectivity index (χ1) is 10.4. The van der Waals surface area contributed by atoms with Crippen LogP contribution in [-0.2, 0) is 4.74 Å². The Morgan fingerprint density at radius 2 is 1.95 bits per heavy atom. The average Bonchev–Trinajstić information content (AvgIpc) is 2.45. The number of alkyl halides is 3. The molecule has 2 atom stereocenters. The first-order valence-corrected chi connectivity index (χ1v) is 7.23. The zero-order valence-corrected chi connectivity index (χ0v) is 12.3. The van der Waals surface area contributed by atoms with Crippen molar-refractivity contribution >= 4 is 5.57 Å². The highest BCUT2D eigenvalue weighted by Gasteiger charge is 2.32. The van der Waals surface area contributed by atoms with Gasteiger partial charge in [0.05, 0.1) is 19.3 Å². The van der Waals surface area contributed by atoms with E-state index >= 15 is 0 Å². The van der Waals surface area contributed by atoms with Gasteiger partial charge in [-0.05, 0) is 36.7 Å². The average molecular weight is 313 g/mol. The van der Waals surface area contributed by atoms with Gasteiger partial charge in [-0.3, -0.25) is 4.90 Å². The van der Waals surface area contributed by atoms with E-state index in [2.05, 4.69) is 18.0 Å². The molecule has 1 aromatic carbocycles. The Hall–Kier alpha value is -1.53. The molecule has 1 aromatic rings. The van der Waals surface area contributed by atoms with E-state index in [-0.39, 0.29) is 11.8 Å². The van der Waals surface area contributed by atoms with Crippen molar-refractivity contribution in [3.05, 3.63) is 35.9 Å². The molecule has 2 heterocycles. The molecule has 120 valence electrons. The Balaban J connectivity index is 1.71. The minimum absolute atomic E-state index is 0.234. The molecule has 6 heteroatoms. The van der Waals surface area contributed by atoms with Crippen molar-refractivity contribution in [2.75, 3.05) is 26.9 Å². The van der Waals surface area contributed by atoms with E-state index in [1.807, 2.05) is 12.1 Å². The molecule has 2 bridgehead atoms. The Kier molecular flexibility index (Phi) is 4.14. The van der Waals surface area contributed by atoms with Crippen LogP contribution < -0.4 is 4.74 Å². The van der Waals surface area contributed by atoms with E-state index in [9.17, 15) is 13.2 Å². The van der Waals surface area contributed by atoms with Crippen molar-refractivity contribution in [2.45, 2.75) is 24.7 Å². The van der Waals surface area contributed by atoms with Gasteiger partial charge in [0.1, 0.15) is 5.75 Å². The normalized spacial score (nSPS) is 25.7. The number of hydrogen-bond acceptors (Lipinski definition) is 3. The highest BCUT2D eigenvalue weighted by atomic mass is 19.4. The van der Waals surface area contributed by atoms with Crippen molar-refractivity contribution in [1.29, 1.82) is 0 Å². The predicted octanol–water partition coefficient (Wildman–Crippen LogP) is 3.11. The second-order valence-corrected chi connectivity index (χ2v) is 5.75. The molecule has 2 aliphatic heterocycles. The molecular formula is C16H18F3NO2. The fourth-order valence-electron chi connectivity index (χ4n) is 2.90. The number of morpholine rings is 1. The summed E-state index contributed by atoms with van der Waals surface area (Å²) in [4.78, 5) is 2.31. The maximum Gasteiger partial charge on any atom is 0.422 e. The van der Waals surface area contributed by atoms with Gasteiger partial charge in [0.15, 0.2) is 6.61 Å². The molecule has 0 aromatic heterocycles. The molecule has 3 rings (SSSR count). The summed E-state index contributed by atoms with van der Waals surface area (Å²) in [6.45, 7) is 0.141. The molecule has 22 heavy (non-hydrogen) atoms. The van der Waals surface area contributed by atoms with Crippen molar-refractivity contribution < 1.29 is 22.6 Å². The van der Waals surface area contributed by atoms with E-state index in [1.165, 1.54) is 5.57 Å². The van der Waals surface area contributed by atoms with E-state index in [0.29, 0.717) is 12.6 Å². The Labute approximate surface area is 127 Å². The first kappa shape index (κ1) is 15.4. The molecule has 2 unspecified atom stereocenters. The third-order valence-electron chi connectivity index (χ3n) is 4.17. The van der Waals surface area contributed by atoms with Crippen LogP contribution in [0.15, 0.2) is 30.3 Å². The summed E-state index contributed by atoms with van der Waals surface area (Å²) in [6, 6.07) is 7.45. The second-order valence-electron chi connectivity index (χ2n) is 5.75. The van der Waals surface area contributed by atoms with Gasteiger partial charge in [0.25, 0.3) is 0 Å². The molecule has 0 N–H and O–H groups in total. The van der Waals surface area contributed by atoms with Crippen molar-refractivity contribution in [3.8, 4) is 5.75 Å². The number of nitrogens with zero attached hydrogens (tertiary/aromatic N) is 1. The second kappa shape index (κ2) is 5.93. The quantitative estimate of drug-likeness (QED) is 0.856. The fraction of sp³-hybridized carbons (Fsp3) is 0.500. The summed E-state index contributed by atoms with van der Waals surface area (Å²) in [5, 5.41) is 0. The van der Waals surface area contributed by atoms with Crippen LogP contribution in [0.2, 0.25) is 0 Å². The molecule has 0 saturated carbocycles. The van der Waals surface area contributed by atoms with E-state index < -0.39 is 12.8 Å². The van der Waals surface area contributed by atoms with E-state index in [0.717, 1.165) is 18.6 Å². The number of rotatable bonds is 3. The molecular weight excluding hydrogens is 295 g/mol. The fourth-order valence-corrected chi connectivity index (χ4v) is 2.90. The number of likely N-dealkylation sites (N-methyl/N-ethyl adjacent to an activating group) is 1. The minimum Gasteiger partial charge on any atom is -0.484 e. The van der Waals surface area contributed by atoms with E-state index in [4.69, 9.17) is 9.47 Å². The van der Waals surface area contributed by atoms with E-state index in [1.54, 1.807) is 12.1 Å². The molecule has 0 amide bonds. The smallest absolute Gasteiger partial charge is 0.422 e. The van der Waals surface area contributed by atoms with Crippen LogP contribution in [-0.4, -0.2) is 50.0 Å². The van der Waals surface area contributed by atoms with Crippen molar-refractivity contribution in [2.24, 2.45) is 0 Å². The zero-order chi connectivity index (χ0) is 15.7. The van der Waals surface area contributed by atoms with Crippen LogP contribution in [0.25, 0.3) is 5.57 Å². The van der Waals surface area contributed by atoms with Gasteiger partial charge in [0.2, 0.25) is 0 Å². The Bertz CT molecular complexity index is 554. The van der Waals surface area contributed by atoms with Gasteiger partial charge in [-0.15, -0.1) is 0 Å². The van der Waals surface area contributed by atoms with Crippen LogP contribution in [0, 0.1) is 0 Å². The summed E-state index contributed by atoms with van der Waals surface area (Å²) in [7, 11) is 2.10. The predicted molar refractivity (Wildman–Crippen MR) is 76.7 cm³/mol. The lowest BCUT2D eigenvalue weighted by atomic mass is 9.90. The third-order valence-corrected chi connectivity index (χ3v) is 4.17. The van der Waals surface area contributed by atoms with Gasteiger partial charge >= 0.3 is 6.18 Å². The summed E-state index contributed by atoms with van der Waals surface area (Å²) < 4.78 is 46.7. The minimum atomic E-state index is -4.31. The van der Waals surface area contributed by atoms with Gasteiger partial charge in [0, 0.05) is 6.04 Å². The molecule has 0 aliphatic carbocycles. The summed E-state index contributed by atoms with van der Waals surface area (Å²) in [5.41, 5.74) is 2.25. The molecule has 1 saturated heterocycles. The largest absolute Gasteiger partial charge is 0.484 e. The summed E-state index contributed by atoms with van der Waals surface area (Å²) in [5.74, 6) is 0.234. The standard InChI is InChI=1S/C16H18F3NO2/c1-20-13-6-12(7-14(20)9-21-8-13)11-2-4-15(5-3-11)22-10-16(17,18)19/h2-6,13-14H,7-10H2,1H3. The highest BCUT2D eigenvalue weighted by molar-refractivity contribution is 5.68. The monoisotopic (exact) mass is 313 g/mol. The highest BCUT2D eigenvalue weighted by Crippen LogP contribution is 2.32. The maximum atomic E-state index is 12.1. The maximum absolute atomic E-state index is 12.1. The Morgan fingerprint density at radius 3 is 2.59 bits per heavy atom. The van der Waals surface area contributed by atoms with Crippen molar-refractivity contribution in [3.63, 3.8) is 0 Å². The number of benzene rings is 1. The number of ether oxygens (including phenoxy) is 2. The van der Waals surface area contributed by atoms with Crippen LogP contribution >= 0.6 is 0 Å². The SMILES string of the molecule is CN1C2C=C(c3ccc(OCC(F)(F)F)cc3)CC1COC2. The number of fused-ring (bicyclic) bond motifs is 2. The molecule has 0 radical (unpaired) electrons. The lowest BCUT2D eigenvalue weighted by Crippen LogP contribution is -2.51. The molecule has 3 nitrogen and oxygen atoms in total. The van der Waals surface area contributed by atoms with Crippen LogP contribution in [0.1, 0.15) is 12.0 Å². The lowest BCUT2D eigenvalue weighted by molar-refractivity contribution is -0.153. The lowest BCUT2D eigenvalue weighted by Gasteiger charge is -2.42. The van der Waals surface area contributed by atoms with Crippen LogP contribution in [0.5, 0.6) is 5.75 Å². The first-order valence-electron chi connectivity index (χ1n) is 7.23.